The highest BCUT2D eigenvalue weighted by Gasteiger charge is 2.17. The minimum atomic E-state index is -0.331. The molecule has 3 N–H and O–H groups in total. The Hall–Kier alpha value is -1.34. The highest BCUT2D eigenvalue weighted by Crippen LogP contribution is 2.15. The quantitative estimate of drug-likeness (QED) is 0.728. The van der Waals surface area contributed by atoms with Crippen LogP contribution in [0.1, 0.15) is 23.4 Å². The van der Waals surface area contributed by atoms with Gasteiger partial charge in [0, 0.05) is 13.6 Å². The van der Waals surface area contributed by atoms with Crippen molar-refractivity contribution in [3.8, 4) is 0 Å². The summed E-state index contributed by atoms with van der Waals surface area (Å²) >= 11 is 3.12. The molecular weight excluding hydrogens is 314 g/mol. The van der Waals surface area contributed by atoms with Crippen molar-refractivity contribution in [2.75, 3.05) is 26.7 Å². The predicted octanol–water partition coefficient (Wildman–Crippen LogP) is 0.969. The van der Waals surface area contributed by atoms with Crippen LogP contribution in [0.4, 0.5) is 0 Å². The maximum absolute atomic E-state index is 11.9. The number of carbonyl (C=O) groups is 2. The van der Waals surface area contributed by atoms with Gasteiger partial charge < -0.3 is 20.4 Å². The molecule has 0 fully saturated rings. The van der Waals surface area contributed by atoms with Crippen molar-refractivity contribution >= 4 is 27.7 Å². The first-order chi connectivity index (χ1) is 9.04. The van der Waals surface area contributed by atoms with Crippen molar-refractivity contribution in [2.24, 2.45) is 5.73 Å². The van der Waals surface area contributed by atoms with Crippen LogP contribution in [0, 0.1) is 0 Å². The summed E-state index contributed by atoms with van der Waals surface area (Å²) in [6.07, 6.45) is 1.71. The molecule has 0 bridgehead atoms. The van der Waals surface area contributed by atoms with Crippen molar-refractivity contribution in [3.63, 3.8) is 0 Å². The van der Waals surface area contributed by atoms with Crippen LogP contribution < -0.4 is 11.1 Å². The number of amides is 2. The minimum Gasteiger partial charge on any atom is -0.444 e. The molecule has 1 heterocycles. The average Bonchev–Trinajstić information content (AvgIpc) is 2.80. The van der Waals surface area contributed by atoms with E-state index < -0.39 is 0 Å². The van der Waals surface area contributed by atoms with Crippen LogP contribution in [-0.2, 0) is 4.79 Å². The van der Waals surface area contributed by atoms with Crippen LogP contribution in [0.25, 0.3) is 0 Å². The summed E-state index contributed by atoms with van der Waals surface area (Å²) in [4.78, 5) is 24.8. The molecule has 0 saturated carbocycles. The van der Waals surface area contributed by atoms with Gasteiger partial charge in [-0.25, -0.2) is 0 Å². The van der Waals surface area contributed by atoms with Crippen molar-refractivity contribution in [1.29, 1.82) is 0 Å². The number of unbranched alkanes of at least 4 members (excludes halogenated alkanes) is 1. The molecule has 0 aliphatic rings. The van der Waals surface area contributed by atoms with Gasteiger partial charge in [-0.05, 0) is 47.4 Å². The van der Waals surface area contributed by atoms with E-state index in [1.54, 1.807) is 19.2 Å². The normalized spacial score (nSPS) is 10.3. The van der Waals surface area contributed by atoms with E-state index in [4.69, 9.17) is 10.2 Å². The maximum Gasteiger partial charge on any atom is 0.289 e. The summed E-state index contributed by atoms with van der Waals surface area (Å²) in [5.41, 5.74) is 5.35. The van der Waals surface area contributed by atoms with Crippen LogP contribution in [-0.4, -0.2) is 43.4 Å². The molecule has 1 rings (SSSR count). The fraction of sp³-hybridized carbons (Fsp3) is 0.500. The summed E-state index contributed by atoms with van der Waals surface area (Å²) in [5, 5.41) is 2.73. The van der Waals surface area contributed by atoms with Gasteiger partial charge in [0.15, 0.2) is 10.4 Å². The molecule has 106 valence electrons. The number of hydrogen-bond donors (Lipinski definition) is 2. The Bertz CT molecular complexity index is 434. The van der Waals surface area contributed by atoms with E-state index in [-0.39, 0.29) is 24.1 Å². The molecule has 0 unspecified atom stereocenters. The summed E-state index contributed by atoms with van der Waals surface area (Å²) in [6.45, 7) is 1.19. The summed E-state index contributed by atoms with van der Waals surface area (Å²) in [7, 11) is 1.55. The molecule has 1 aromatic rings. The first kappa shape index (κ1) is 15.7. The smallest absolute Gasteiger partial charge is 0.289 e. The zero-order valence-electron chi connectivity index (χ0n) is 10.8. The lowest BCUT2D eigenvalue weighted by atomic mass is 10.3. The van der Waals surface area contributed by atoms with E-state index >= 15 is 0 Å². The van der Waals surface area contributed by atoms with Crippen LogP contribution in [0.5, 0.6) is 0 Å². The van der Waals surface area contributed by atoms with Crippen molar-refractivity contribution in [3.05, 3.63) is 22.6 Å². The molecule has 6 nitrogen and oxygen atoms in total. The summed E-state index contributed by atoms with van der Waals surface area (Å²) in [6, 6.07) is 3.19. The Morgan fingerprint density at radius 2 is 2.16 bits per heavy atom. The molecule has 0 radical (unpaired) electrons. The van der Waals surface area contributed by atoms with Crippen molar-refractivity contribution in [1.82, 2.24) is 10.2 Å². The number of furan rings is 1. The molecule has 0 aliphatic carbocycles. The van der Waals surface area contributed by atoms with Gasteiger partial charge in [-0.1, -0.05) is 0 Å². The Labute approximate surface area is 120 Å². The standard InChI is InChI=1S/C12H18BrN3O3/c1-16(8-11(17)15-7-3-2-6-14)12(18)9-4-5-10(13)19-9/h4-5H,2-3,6-8,14H2,1H3,(H,15,17). The Morgan fingerprint density at radius 1 is 1.42 bits per heavy atom. The third-order valence-electron chi connectivity index (χ3n) is 2.46. The van der Waals surface area contributed by atoms with E-state index in [1.807, 2.05) is 0 Å². The molecule has 0 atom stereocenters. The van der Waals surface area contributed by atoms with Gasteiger partial charge in [-0.15, -0.1) is 0 Å². The summed E-state index contributed by atoms with van der Waals surface area (Å²) < 4.78 is 5.62. The number of nitrogens with zero attached hydrogens (tertiary/aromatic N) is 1. The molecule has 0 spiro atoms. The number of rotatable bonds is 7. The topological polar surface area (TPSA) is 88.6 Å². The van der Waals surface area contributed by atoms with E-state index in [2.05, 4.69) is 21.2 Å². The van der Waals surface area contributed by atoms with E-state index in [1.165, 1.54) is 4.90 Å². The monoisotopic (exact) mass is 331 g/mol. The molecule has 0 aromatic carbocycles. The largest absolute Gasteiger partial charge is 0.444 e. The Kier molecular flexibility index (Phi) is 6.58. The number of carbonyl (C=O) groups excluding carboxylic acids is 2. The first-order valence-corrected chi connectivity index (χ1v) is 6.81. The maximum atomic E-state index is 11.9. The second-order valence-electron chi connectivity index (χ2n) is 4.11. The van der Waals surface area contributed by atoms with Crippen LogP contribution in [0.15, 0.2) is 21.2 Å². The van der Waals surface area contributed by atoms with Gasteiger partial charge in [-0.2, -0.15) is 0 Å². The number of nitrogens with two attached hydrogens (primary N) is 1. The zero-order valence-corrected chi connectivity index (χ0v) is 12.4. The van der Waals surface area contributed by atoms with Crippen LogP contribution in [0.2, 0.25) is 0 Å². The molecule has 7 heteroatoms. The molecule has 1 aromatic heterocycles. The lowest BCUT2D eigenvalue weighted by Crippen LogP contribution is -2.38. The molecule has 19 heavy (non-hydrogen) atoms. The third-order valence-corrected chi connectivity index (χ3v) is 2.89. The van der Waals surface area contributed by atoms with Crippen LogP contribution >= 0.6 is 15.9 Å². The SMILES string of the molecule is CN(CC(=O)NCCCCN)C(=O)c1ccc(Br)o1. The van der Waals surface area contributed by atoms with Gasteiger partial charge in [0.05, 0.1) is 6.54 Å². The first-order valence-electron chi connectivity index (χ1n) is 6.02. The molecule has 2 amide bonds. The number of likely N-dealkylation sites (N-methyl/N-ethyl adjacent to an activating group) is 1. The highest BCUT2D eigenvalue weighted by atomic mass is 79.9. The van der Waals surface area contributed by atoms with E-state index in [9.17, 15) is 9.59 Å². The van der Waals surface area contributed by atoms with Crippen molar-refractivity contribution in [2.45, 2.75) is 12.8 Å². The van der Waals surface area contributed by atoms with Gasteiger partial charge in [-0.3, -0.25) is 9.59 Å². The Morgan fingerprint density at radius 3 is 2.74 bits per heavy atom. The van der Waals surface area contributed by atoms with Gasteiger partial charge >= 0.3 is 0 Å². The number of hydrogen-bond acceptors (Lipinski definition) is 4. The van der Waals surface area contributed by atoms with Crippen LogP contribution in [0.3, 0.4) is 0 Å². The second kappa shape index (κ2) is 7.96. The predicted molar refractivity (Wildman–Crippen MR) is 74.7 cm³/mol. The summed E-state index contributed by atoms with van der Waals surface area (Å²) in [5.74, 6) is -0.327. The molecular formula is C12H18BrN3O3. The third kappa shape index (κ3) is 5.44. The zero-order chi connectivity index (χ0) is 14.3. The van der Waals surface area contributed by atoms with Gasteiger partial charge in [0.25, 0.3) is 5.91 Å². The minimum absolute atomic E-state index is 0.000221. The lowest BCUT2D eigenvalue weighted by molar-refractivity contribution is -0.121. The average molecular weight is 332 g/mol. The number of halogens is 1. The Balaban J connectivity index is 2.35. The van der Waals surface area contributed by atoms with Crippen molar-refractivity contribution < 1.29 is 14.0 Å². The lowest BCUT2D eigenvalue weighted by Gasteiger charge is -2.15. The van der Waals surface area contributed by atoms with E-state index in [0.29, 0.717) is 17.8 Å². The van der Waals surface area contributed by atoms with Gasteiger partial charge in [0.2, 0.25) is 5.91 Å². The second-order valence-corrected chi connectivity index (χ2v) is 4.89. The fourth-order valence-corrected chi connectivity index (χ4v) is 1.76. The molecule has 0 aliphatic heterocycles. The van der Waals surface area contributed by atoms with E-state index in [0.717, 1.165) is 12.8 Å². The number of nitrogens with one attached hydrogen (secondary N) is 1. The van der Waals surface area contributed by atoms with Gasteiger partial charge in [0.1, 0.15) is 0 Å². The fourth-order valence-electron chi connectivity index (χ4n) is 1.46. The highest BCUT2D eigenvalue weighted by molar-refractivity contribution is 9.10. The molecule has 0 saturated heterocycles.